The van der Waals surface area contributed by atoms with Crippen molar-refractivity contribution in [2.75, 3.05) is 0 Å². The molecule has 1 N–H and O–H groups in total. The molecule has 164 valence electrons. The second-order valence-corrected chi connectivity index (χ2v) is 9.72. The summed E-state index contributed by atoms with van der Waals surface area (Å²) in [6, 6.07) is 15.1. The van der Waals surface area contributed by atoms with Crippen molar-refractivity contribution in [3.05, 3.63) is 92.1 Å². The van der Waals surface area contributed by atoms with Crippen molar-refractivity contribution in [1.82, 2.24) is 9.88 Å². The summed E-state index contributed by atoms with van der Waals surface area (Å²) in [6.45, 7) is 13.2. The number of nitrogens with zero attached hydrogens (tertiary/aromatic N) is 2. The van der Waals surface area contributed by atoms with Crippen LogP contribution >= 0.6 is 11.8 Å². The molecule has 5 heteroatoms. The quantitative estimate of drug-likeness (QED) is 0.496. The van der Waals surface area contributed by atoms with Crippen LogP contribution in [0.3, 0.4) is 0 Å². The second-order valence-electron chi connectivity index (χ2n) is 8.69. The van der Waals surface area contributed by atoms with E-state index in [1.165, 1.54) is 34.0 Å². The maximum Gasteiger partial charge on any atom is 0.264 e. The van der Waals surface area contributed by atoms with E-state index >= 15 is 0 Å². The first kappa shape index (κ1) is 22.2. The van der Waals surface area contributed by atoms with Gasteiger partial charge in [0.1, 0.15) is 0 Å². The zero-order chi connectivity index (χ0) is 23.0. The monoisotopic (exact) mass is 443 g/mol. The molecule has 4 rings (SSSR count). The van der Waals surface area contributed by atoms with Crippen LogP contribution < -0.4 is 5.32 Å². The lowest BCUT2D eigenvalue weighted by atomic mass is 10.1. The first-order valence-electron chi connectivity index (χ1n) is 10.8. The first-order chi connectivity index (χ1) is 15.2. The molecule has 2 aromatic carbocycles. The Bertz CT molecular complexity index is 1240. The van der Waals surface area contributed by atoms with E-state index < -0.39 is 0 Å². The van der Waals surface area contributed by atoms with Gasteiger partial charge in [0.25, 0.3) is 5.91 Å². The van der Waals surface area contributed by atoms with Crippen molar-refractivity contribution in [3.63, 3.8) is 0 Å². The maximum atomic E-state index is 12.6. The Morgan fingerprint density at radius 2 is 1.47 bits per heavy atom. The minimum absolute atomic E-state index is 0.0922. The van der Waals surface area contributed by atoms with E-state index in [1.807, 2.05) is 6.08 Å². The van der Waals surface area contributed by atoms with Gasteiger partial charge in [0.2, 0.25) is 0 Å². The summed E-state index contributed by atoms with van der Waals surface area (Å²) in [6.07, 6.45) is 1.97. The SMILES string of the molecule is Cc1cc(C)cc(CN=C2NC(=O)/C(=C/c3cc(C)n(-c4cc(C)cc(C)c4)c3C)S2)c1. The molecule has 1 aromatic heterocycles. The largest absolute Gasteiger partial charge is 0.318 e. The van der Waals surface area contributed by atoms with Crippen LogP contribution in [0.5, 0.6) is 0 Å². The average molecular weight is 444 g/mol. The highest BCUT2D eigenvalue weighted by Crippen LogP contribution is 2.30. The smallest absolute Gasteiger partial charge is 0.264 e. The number of amidine groups is 1. The molecule has 2 heterocycles. The number of aliphatic imine (C=N–C) groups is 1. The molecule has 4 nitrogen and oxygen atoms in total. The molecule has 1 aliphatic rings. The van der Waals surface area contributed by atoms with Crippen molar-refractivity contribution in [1.29, 1.82) is 0 Å². The highest BCUT2D eigenvalue weighted by atomic mass is 32.2. The van der Waals surface area contributed by atoms with Gasteiger partial charge in [-0.15, -0.1) is 0 Å². The fourth-order valence-electron chi connectivity index (χ4n) is 4.38. The molecule has 1 fully saturated rings. The Kier molecular flexibility index (Phi) is 6.11. The number of hydrogen-bond acceptors (Lipinski definition) is 3. The zero-order valence-electron chi connectivity index (χ0n) is 19.5. The number of hydrogen-bond donors (Lipinski definition) is 1. The summed E-state index contributed by atoms with van der Waals surface area (Å²) >= 11 is 1.41. The third-order valence-electron chi connectivity index (χ3n) is 5.56. The number of benzene rings is 2. The molecule has 0 radical (unpaired) electrons. The molecular formula is C27H29N3OS. The molecule has 3 aromatic rings. The van der Waals surface area contributed by atoms with Gasteiger partial charge in [0.15, 0.2) is 5.17 Å². The van der Waals surface area contributed by atoms with E-state index in [0.29, 0.717) is 16.6 Å². The van der Waals surface area contributed by atoms with Crippen LogP contribution in [0.4, 0.5) is 0 Å². The number of thioether (sulfide) groups is 1. The molecule has 0 spiro atoms. The van der Waals surface area contributed by atoms with E-state index in [0.717, 1.165) is 28.2 Å². The predicted molar refractivity (Wildman–Crippen MR) is 135 cm³/mol. The Hall–Kier alpha value is -3.05. The molecule has 1 aliphatic heterocycles. The molecule has 0 unspecified atom stereocenters. The normalized spacial score (nSPS) is 16.2. The van der Waals surface area contributed by atoms with E-state index in [-0.39, 0.29) is 5.91 Å². The maximum absolute atomic E-state index is 12.6. The lowest BCUT2D eigenvalue weighted by Gasteiger charge is -2.12. The Balaban J connectivity index is 1.58. The van der Waals surface area contributed by atoms with Gasteiger partial charge in [0, 0.05) is 17.1 Å². The molecule has 0 saturated carbocycles. The summed E-state index contributed by atoms with van der Waals surface area (Å²) in [5.41, 5.74) is 10.5. The number of aryl methyl sites for hydroxylation is 5. The van der Waals surface area contributed by atoms with Gasteiger partial charge in [-0.1, -0.05) is 35.4 Å². The lowest BCUT2D eigenvalue weighted by Crippen LogP contribution is -2.19. The summed E-state index contributed by atoms with van der Waals surface area (Å²) < 4.78 is 2.25. The number of aromatic nitrogens is 1. The van der Waals surface area contributed by atoms with Crippen molar-refractivity contribution in [2.24, 2.45) is 4.99 Å². The minimum Gasteiger partial charge on any atom is -0.318 e. The van der Waals surface area contributed by atoms with E-state index in [2.05, 4.69) is 98.9 Å². The first-order valence-corrected chi connectivity index (χ1v) is 11.6. The van der Waals surface area contributed by atoms with Crippen molar-refractivity contribution >= 4 is 28.9 Å². The Morgan fingerprint density at radius 1 is 0.875 bits per heavy atom. The average Bonchev–Trinajstić information content (AvgIpc) is 3.17. The van der Waals surface area contributed by atoms with Crippen molar-refractivity contribution < 1.29 is 4.79 Å². The molecule has 1 amide bonds. The molecular weight excluding hydrogens is 414 g/mol. The van der Waals surface area contributed by atoms with E-state index in [9.17, 15) is 4.79 Å². The summed E-state index contributed by atoms with van der Waals surface area (Å²) in [4.78, 5) is 17.9. The van der Waals surface area contributed by atoms with E-state index in [4.69, 9.17) is 0 Å². The highest BCUT2D eigenvalue weighted by Gasteiger charge is 2.24. The fourth-order valence-corrected chi connectivity index (χ4v) is 5.19. The third kappa shape index (κ3) is 4.73. The zero-order valence-corrected chi connectivity index (χ0v) is 20.4. The van der Waals surface area contributed by atoms with Crippen LogP contribution in [0.25, 0.3) is 11.8 Å². The number of amides is 1. The Morgan fingerprint density at radius 3 is 2.09 bits per heavy atom. The van der Waals surface area contributed by atoms with Gasteiger partial charge >= 0.3 is 0 Å². The standard InChI is InChI=1S/C27H29N3OS/c1-16-7-17(2)10-22(9-16)15-28-27-29-26(31)25(32-27)14-23-13-20(5)30(21(23)6)24-11-18(3)8-19(4)12-24/h7-14H,15H2,1-6H3,(H,28,29,31)/b25-14-. The topological polar surface area (TPSA) is 46.4 Å². The van der Waals surface area contributed by atoms with Crippen LogP contribution in [-0.4, -0.2) is 15.6 Å². The molecule has 32 heavy (non-hydrogen) atoms. The lowest BCUT2D eigenvalue weighted by molar-refractivity contribution is -0.115. The highest BCUT2D eigenvalue weighted by molar-refractivity contribution is 8.18. The third-order valence-corrected chi connectivity index (χ3v) is 6.51. The molecule has 0 atom stereocenters. The van der Waals surface area contributed by atoms with Crippen LogP contribution in [0.1, 0.15) is 44.8 Å². The van der Waals surface area contributed by atoms with E-state index in [1.54, 1.807) is 0 Å². The fraction of sp³-hybridized carbons (Fsp3) is 0.259. The van der Waals surface area contributed by atoms with Crippen LogP contribution in [0, 0.1) is 41.5 Å². The number of carbonyl (C=O) groups is 1. The van der Waals surface area contributed by atoms with Gasteiger partial charge in [-0.2, -0.15) is 0 Å². The molecule has 0 aliphatic carbocycles. The number of nitrogens with one attached hydrogen (secondary N) is 1. The van der Waals surface area contributed by atoms with Crippen LogP contribution in [-0.2, 0) is 11.3 Å². The van der Waals surface area contributed by atoms with Crippen LogP contribution in [0.15, 0.2) is 52.4 Å². The van der Waals surface area contributed by atoms with Gasteiger partial charge in [-0.3, -0.25) is 9.79 Å². The van der Waals surface area contributed by atoms with Gasteiger partial charge < -0.3 is 9.88 Å². The molecule has 0 bridgehead atoms. The summed E-state index contributed by atoms with van der Waals surface area (Å²) in [7, 11) is 0. The second kappa shape index (κ2) is 8.83. The Labute approximate surface area is 194 Å². The van der Waals surface area contributed by atoms with Gasteiger partial charge in [0.05, 0.1) is 11.4 Å². The molecule has 1 saturated heterocycles. The van der Waals surface area contributed by atoms with Crippen molar-refractivity contribution in [2.45, 2.75) is 48.1 Å². The minimum atomic E-state index is -0.0922. The predicted octanol–water partition coefficient (Wildman–Crippen LogP) is 6.09. The number of carbonyl (C=O) groups excluding carboxylic acids is 1. The summed E-state index contributed by atoms with van der Waals surface area (Å²) in [5, 5.41) is 3.57. The van der Waals surface area contributed by atoms with Crippen LogP contribution in [0.2, 0.25) is 0 Å². The van der Waals surface area contributed by atoms with Crippen molar-refractivity contribution in [3.8, 4) is 5.69 Å². The van der Waals surface area contributed by atoms with Gasteiger partial charge in [-0.05, 0) is 99.8 Å². The number of rotatable bonds is 4. The van der Waals surface area contributed by atoms with Gasteiger partial charge in [-0.25, -0.2) is 0 Å². The summed E-state index contributed by atoms with van der Waals surface area (Å²) in [5.74, 6) is -0.0922.